The van der Waals surface area contributed by atoms with Crippen LogP contribution in [0.4, 0.5) is 5.69 Å². The molecule has 0 radical (unpaired) electrons. The van der Waals surface area contributed by atoms with Gasteiger partial charge in [-0.25, -0.2) is 0 Å². The van der Waals surface area contributed by atoms with E-state index in [1.807, 2.05) is 38.1 Å². The number of hydrogen-bond donors (Lipinski definition) is 1. The van der Waals surface area contributed by atoms with Crippen molar-refractivity contribution < 1.29 is 23.8 Å². The molecule has 2 amide bonds. The maximum absolute atomic E-state index is 13.0. The SMILES string of the molecule is CCCOc1ccc(/C=C/C(=O)N2C[C@@H](C(=O)NC)Oc3ccccc32)cc1OCC. The molecule has 0 bridgehead atoms. The van der Waals surface area contributed by atoms with Crippen molar-refractivity contribution in [2.45, 2.75) is 26.4 Å². The fourth-order valence-electron chi connectivity index (χ4n) is 3.23. The van der Waals surface area contributed by atoms with Gasteiger partial charge in [0.05, 0.1) is 25.4 Å². The highest BCUT2D eigenvalue weighted by molar-refractivity contribution is 6.05. The highest BCUT2D eigenvalue weighted by Crippen LogP contribution is 2.34. The van der Waals surface area contributed by atoms with Crippen LogP contribution in [-0.2, 0) is 9.59 Å². The minimum atomic E-state index is -0.767. The Balaban J connectivity index is 1.81. The fraction of sp³-hybridized carbons (Fsp3) is 0.333. The number of carbonyl (C=O) groups excluding carboxylic acids is 2. The summed E-state index contributed by atoms with van der Waals surface area (Å²) in [7, 11) is 1.54. The van der Waals surface area contributed by atoms with Gasteiger partial charge in [0.15, 0.2) is 17.6 Å². The number of amides is 2. The zero-order chi connectivity index (χ0) is 22.2. The normalized spacial score (nSPS) is 15.2. The lowest BCUT2D eigenvalue weighted by Crippen LogP contribution is -2.49. The topological polar surface area (TPSA) is 77.1 Å². The number of carbonyl (C=O) groups is 2. The molecule has 164 valence electrons. The summed E-state index contributed by atoms with van der Waals surface area (Å²) >= 11 is 0. The Kier molecular flexibility index (Phi) is 7.54. The molecule has 0 fully saturated rings. The van der Waals surface area contributed by atoms with E-state index < -0.39 is 6.10 Å². The maximum Gasteiger partial charge on any atom is 0.262 e. The highest BCUT2D eigenvalue weighted by Gasteiger charge is 2.32. The summed E-state index contributed by atoms with van der Waals surface area (Å²) in [5.74, 6) is 1.30. The quantitative estimate of drug-likeness (QED) is 0.657. The Hall–Kier alpha value is -3.48. The minimum Gasteiger partial charge on any atom is -0.490 e. The van der Waals surface area contributed by atoms with E-state index >= 15 is 0 Å². The van der Waals surface area contributed by atoms with Crippen LogP contribution >= 0.6 is 0 Å². The Morgan fingerprint density at radius 3 is 2.71 bits per heavy atom. The van der Waals surface area contributed by atoms with Crippen LogP contribution in [-0.4, -0.2) is 44.7 Å². The first-order valence-corrected chi connectivity index (χ1v) is 10.4. The van der Waals surface area contributed by atoms with Crippen molar-refractivity contribution in [2.24, 2.45) is 0 Å². The summed E-state index contributed by atoms with van der Waals surface area (Å²) in [5.41, 5.74) is 1.45. The largest absolute Gasteiger partial charge is 0.490 e. The summed E-state index contributed by atoms with van der Waals surface area (Å²) in [6.45, 7) is 5.21. The first-order chi connectivity index (χ1) is 15.1. The van der Waals surface area contributed by atoms with E-state index in [0.717, 1.165) is 12.0 Å². The molecule has 2 aromatic rings. The van der Waals surface area contributed by atoms with Crippen molar-refractivity contribution in [1.29, 1.82) is 0 Å². The van der Waals surface area contributed by atoms with Crippen LogP contribution in [0.1, 0.15) is 25.8 Å². The average molecular weight is 424 g/mol. The molecule has 0 aromatic heterocycles. The Morgan fingerprint density at radius 2 is 1.97 bits per heavy atom. The van der Waals surface area contributed by atoms with Crippen LogP contribution in [0.25, 0.3) is 6.08 Å². The predicted molar refractivity (Wildman–Crippen MR) is 120 cm³/mol. The summed E-state index contributed by atoms with van der Waals surface area (Å²) in [6.07, 6.45) is 3.35. The fourth-order valence-corrected chi connectivity index (χ4v) is 3.23. The molecular weight excluding hydrogens is 396 g/mol. The number of likely N-dealkylation sites (N-methyl/N-ethyl adjacent to an activating group) is 1. The van der Waals surface area contributed by atoms with E-state index in [1.165, 1.54) is 6.08 Å². The summed E-state index contributed by atoms with van der Waals surface area (Å²) < 4.78 is 17.2. The molecule has 31 heavy (non-hydrogen) atoms. The van der Waals surface area contributed by atoms with Crippen molar-refractivity contribution in [3.8, 4) is 17.2 Å². The molecular formula is C24H28N2O5. The van der Waals surface area contributed by atoms with Gasteiger partial charge >= 0.3 is 0 Å². The van der Waals surface area contributed by atoms with E-state index in [0.29, 0.717) is 36.1 Å². The van der Waals surface area contributed by atoms with E-state index in [4.69, 9.17) is 14.2 Å². The molecule has 2 aromatic carbocycles. The van der Waals surface area contributed by atoms with Gasteiger partial charge in [0, 0.05) is 13.1 Å². The molecule has 0 saturated carbocycles. The van der Waals surface area contributed by atoms with Crippen LogP contribution in [0.15, 0.2) is 48.5 Å². The van der Waals surface area contributed by atoms with Crippen LogP contribution in [0, 0.1) is 0 Å². The van der Waals surface area contributed by atoms with Gasteiger partial charge in [-0.2, -0.15) is 0 Å². The van der Waals surface area contributed by atoms with E-state index in [9.17, 15) is 9.59 Å². The summed E-state index contributed by atoms with van der Waals surface area (Å²) in [4.78, 5) is 26.7. The molecule has 1 N–H and O–H groups in total. The molecule has 7 nitrogen and oxygen atoms in total. The zero-order valence-electron chi connectivity index (χ0n) is 18.1. The van der Waals surface area contributed by atoms with Crippen LogP contribution in [0.2, 0.25) is 0 Å². The lowest BCUT2D eigenvalue weighted by molar-refractivity contribution is -0.127. The molecule has 0 spiro atoms. The smallest absolute Gasteiger partial charge is 0.262 e. The molecule has 0 aliphatic carbocycles. The second-order valence-corrected chi connectivity index (χ2v) is 6.96. The number of benzene rings is 2. The van der Waals surface area contributed by atoms with Gasteiger partial charge in [-0.05, 0) is 49.2 Å². The number of nitrogens with zero attached hydrogens (tertiary/aromatic N) is 1. The first-order valence-electron chi connectivity index (χ1n) is 10.4. The van der Waals surface area contributed by atoms with Crippen LogP contribution in [0.5, 0.6) is 17.2 Å². The molecule has 7 heteroatoms. The summed E-state index contributed by atoms with van der Waals surface area (Å²) in [6, 6.07) is 12.7. The van der Waals surface area contributed by atoms with Gasteiger partial charge in [-0.1, -0.05) is 25.1 Å². The zero-order valence-corrected chi connectivity index (χ0v) is 18.1. The maximum atomic E-state index is 13.0. The number of hydrogen-bond acceptors (Lipinski definition) is 5. The third-order valence-corrected chi connectivity index (χ3v) is 4.73. The molecule has 1 heterocycles. The third-order valence-electron chi connectivity index (χ3n) is 4.73. The predicted octanol–water partition coefficient (Wildman–Crippen LogP) is 3.43. The van der Waals surface area contributed by atoms with Gasteiger partial charge in [-0.3, -0.25) is 9.59 Å². The van der Waals surface area contributed by atoms with Crippen molar-refractivity contribution >= 4 is 23.6 Å². The number of nitrogens with one attached hydrogen (secondary N) is 1. The Labute approximate surface area is 182 Å². The van der Waals surface area contributed by atoms with Crippen molar-refractivity contribution in [1.82, 2.24) is 5.32 Å². The first kappa shape index (κ1) is 22.2. The standard InChI is InChI=1S/C24H28N2O5/c1-4-14-30-20-12-10-17(15-21(20)29-5-2)11-13-23(27)26-16-22(24(28)25-3)31-19-9-7-6-8-18(19)26/h6-13,15,22H,4-5,14,16H2,1-3H3,(H,25,28)/b13-11+/t22-/m0/s1. The number of ether oxygens (including phenoxy) is 3. The van der Waals surface area contributed by atoms with E-state index in [1.54, 1.807) is 36.2 Å². The average Bonchev–Trinajstić information content (AvgIpc) is 2.80. The van der Waals surface area contributed by atoms with Crippen molar-refractivity contribution in [2.75, 3.05) is 31.7 Å². The molecule has 1 atom stereocenters. The second kappa shape index (κ2) is 10.5. The van der Waals surface area contributed by atoms with Gasteiger partial charge < -0.3 is 24.4 Å². The second-order valence-electron chi connectivity index (χ2n) is 6.96. The van der Waals surface area contributed by atoms with Gasteiger partial charge in [0.2, 0.25) is 0 Å². The Morgan fingerprint density at radius 1 is 1.16 bits per heavy atom. The van der Waals surface area contributed by atoms with Crippen LogP contribution < -0.4 is 24.4 Å². The van der Waals surface area contributed by atoms with Crippen molar-refractivity contribution in [3.05, 3.63) is 54.1 Å². The minimum absolute atomic E-state index is 0.133. The third kappa shape index (κ3) is 5.36. The van der Waals surface area contributed by atoms with Gasteiger partial charge in [0.25, 0.3) is 11.8 Å². The van der Waals surface area contributed by atoms with Gasteiger partial charge in [0.1, 0.15) is 5.75 Å². The molecule has 0 unspecified atom stereocenters. The number of fused-ring (bicyclic) bond motifs is 1. The van der Waals surface area contributed by atoms with Crippen LogP contribution in [0.3, 0.4) is 0 Å². The molecule has 3 rings (SSSR count). The summed E-state index contributed by atoms with van der Waals surface area (Å²) in [5, 5.41) is 2.58. The highest BCUT2D eigenvalue weighted by atomic mass is 16.5. The Bertz CT molecular complexity index is 957. The lowest BCUT2D eigenvalue weighted by atomic mass is 10.1. The van der Waals surface area contributed by atoms with E-state index in [-0.39, 0.29) is 18.4 Å². The molecule has 1 aliphatic rings. The van der Waals surface area contributed by atoms with Crippen molar-refractivity contribution in [3.63, 3.8) is 0 Å². The van der Waals surface area contributed by atoms with Gasteiger partial charge in [-0.15, -0.1) is 0 Å². The van der Waals surface area contributed by atoms with E-state index in [2.05, 4.69) is 5.32 Å². The number of rotatable bonds is 8. The number of anilines is 1. The monoisotopic (exact) mass is 424 g/mol. The molecule has 1 aliphatic heterocycles. The lowest BCUT2D eigenvalue weighted by Gasteiger charge is -2.33. The number of para-hydroxylation sites is 2. The molecule has 0 saturated heterocycles.